The molecule has 8 nitrogen and oxygen atoms in total. The lowest BCUT2D eigenvalue weighted by molar-refractivity contribution is -0.385. The van der Waals surface area contributed by atoms with Gasteiger partial charge in [-0.2, -0.15) is 5.10 Å². The minimum absolute atomic E-state index is 0.114. The summed E-state index contributed by atoms with van der Waals surface area (Å²) in [7, 11) is 3.05. The molecule has 130 valence electrons. The molecule has 0 atom stereocenters. The lowest BCUT2D eigenvalue weighted by Gasteiger charge is -2.07. The first-order chi connectivity index (χ1) is 12.0. The molecule has 0 spiro atoms. The van der Waals surface area contributed by atoms with Crippen molar-refractivity contribution in [1.82, 2.24) is 5.43 Å². The minimum atomic E-state index is -0.530. The van der Waals surface area contributed by atoms with Gasteiger partial charge in [0, 0.05) is 11.6 Å². The van der Waals surface area contributed by atoms with E-state index in [9.17, 15) is 14.9 Å². The van der Waals surface area contributed by atoms with E-state index in [0.717, 1.165) is 0 Å². The van der Waals surface area contributed by atoms with Gasteiger partial charge in [0.25, 0.3) is 11.6 Å². The summed E-state index contributed by atoms with van der Waals surface area (Å²) >= 11 is 0. The van der Waals surface area contributed by atoms with Crippen molar-refractivity contribution in [3.8, 4) is 11.5 Å². The number of ether oxygens (including phenoxy) is 2. The molecule has 0 fully saturated rings. The van der Waals surface area contributed by atoms with Gasteiger partial charge in [0.1, 0.15) is 0 Å². The molecule has 0 saturated carbocycles. The van der Waals surface area contributed by atoms with Gasteiger partial charge in [-0.25, -0.2) is 5.43 Å². The van der Waals surface area contributed by atoms with Gasteiger partial charge in [-0.15, -0.1) is 0 Å². The molecule has 2 rings (SSSR count). The highest BCUT2D eigenvalue weighted by Gasteiger charge is 2.17. The number of nitrogens with zero attached hydrogens (tertiary/aromatic N) is 2. The fraction of sp³-hybridized carbons (Fsp3) is 0.176. The zero-order chi connectivity index (χ0) is 18.4. The molecule has 1 amide bonds. The van der Waals surface area contributed by atoms with Crippen LogP contribution in [0.25, 0.3) is 0 Å². The van der Waals surface area contributed by atoms with Crippen molar-refractivity contribution in [3.05, 3.63) is 63.2 Å². The van der Waals surface area contributed by atoms with Crippen LogP contribution in [0, 0.1) is 17.0 Å². The van der Waals surface area contributed by atoms with Gasteiger partial charge in [0.15, 0.2) is 11.5 Å². The lowest BCUT2D eigenvalue weighted by Crippen LogP contribution is -2.19. The summed E-state index contributed by atoms with van der Waals surface area (Å²) in [5.74, 6) is 0.584. The van der Waals surface area contributed by atoms with E-state index in [1.165, 1.54) is 45.6 Å². The number of carbonyl (C=O) groups excluding carboxylic acids is 1. The Morgan fingerprint density at radius 1 is 1.20 bits per heavy atom. The molecule has 8 heteroatoms. The van der Waals surface area contributed by atoms with Crippen molar-refractivity contribution in [2.75, 3.05) is 14.2 Å². The second-order valence-corrected chi connectivity index (χ2v) is 5.02. The van der Waals surface area contributed by atoms with Crippen molar-refractivity contribution in [2.45, 2.75) is 6.92 Å². The van der Waals surface area contributed by atoms with Gasteiger partial charge in [0.05, 0.1) is 30.9 Å². The van der Waals surface area contributed by atoms with Crippen LogP contribution in [0.3, 0.4) is 0 Å². The number of nitro benzene ring substituents is 1. The fourth-order valence-electron chi connectivity index (χ4n) is 2.23. The highest BCUT2D eigenvalue weighted by atomic mass is 16.6. The van der Waals surface area contributed by atoms with E-state index < -0.39 is 10.8 Å². The molecule has 0 bridgehead atoms. The zero-order valence-electron chi connectivity index (χ0n) is 14.0. The molecule has 2 aromatic rings. The number of hydrogen-bond donors (Lipinski definition) is 1. The summed E-state index contributed by atoms with van der Waals surface area (Å²) < 4.78 is 10.3. The number of carbonyl (C=O) groups is 1. The van der Waals surface area contributed by atoms with Crippen molar-refractivity contribution in [3.63, 3.8) is 0 Å². The van der Waals surface area contributed by atoms with Crippen LogP contribution < -0.4 is 14.9 Å². The van der Waals surface area contributed by atoms with Crippen LogP contribution in [-0.2, 0) is 0 Å². The Kier molecular flexibility index (Phi) is 5.67. The summed E-state index contributed by atoms with van der Waals surface area (Å²) in [6, 6.07) is 9.47. The van der Waals surface area contributed by atoms with Crippen LogP contribution in [-0.4, -0.2) is 31.3 Å². The summed E-state index contributed by atoms with van der Waals surface area (Å²) in [4.78, 5) is 22.6. The molecule has 0 aliphatic rings. The van der Waals surface area contributed by atoms with Crippen LogP contribution in [0.2, 0.25) is 0 Å². The molecule has 0 unspecified atom stereocenters. The maximum absolute atomic E-state index is 12.2. The predicted octanol–water partition coefficient (Wildman–Crippen LogP) is 2.68. The molecule has 0 aliphatic heterocycles. The molecule has 2 aromatic carbocycles. The molecule has 0 aliphatic carbocycles. The summed E-state index contributed by atoms with van der Waals surface area (Å²) in [6.07, 6.45) is 1.44. The Balaban J connectivity index is 2.14. The van der Waals surface area contributed by atoms with Gasteiger partial charge in [-0.3, -0.25) is 14.9 Å². The van der Waals surface area contributed by atoms with Crippen molar-refractivity contribution < 1.29 is 19.2 Å². The Bertz CT molecular complexity index is 833. The third-order valence-corrected chi connectivity index (χ3v) is 3.53. The molecule has 0 aromatic heterocycles. The number of rotatable bonds is 6. The number of methoxy groups -OCH3 is 2. The Morgan fingerprint density at radius 3 is 2.56 bits per heavy atom. The van der Waals surface area contributed by atoms with Crippen LogP contribution >= 0.6 is 0 Å². The average Bonchev–Trinajstić information content (AvgIpc) is 2.61. The average molecular weight is 343 g/mol. The molecular weight excluding hydrogens is 326 g/mol. The molecule has 0 saturated heterocycles. The topological polar surface area (TPSA) is 103 Å². The number of benzene rings is 2. The van der Waals surface area contributed by atoms with E-state index in [2.05, 4.69) is 10.5 Å². The van der Waals surface area contributed by atoms with Crippen LogP contribution in [0.4, 0.5) is 5.69 Å². The number of hydrazone groups is 1. The first kappa shape index (κ1) is 17.9. The van der Waals surface area contributed by atoms with Gasteiger partial charge in [-0.1, -0.05) is 6.07 Å². The van der Waals surface area contributed by atoms with E-state index in [1.807, 2.05) is 0 Å². The molecular formula is C17H17N3O5. The van der Waals surface area contributed by atoms with Gasteiger partial charge >= 0.3 is 0 Å². The lowest BCUT2D eigenvalue weighted by atomic mass is 10.1. The van der Waals surface area contributed by atoms with E-state index >= 15 is 0 Å². The van der Waals surface area contributed by atoms with Crippen LogP contribution in [0.5, 0.6) is 11.5 Å². The number of hydrogen-bond acceptors (Lipinski definition) is 6. The monoisotopic (exact) mass is 343 g/mol. The van der Waals surface area contributed by atoms with E-state index in [1.54, 1.807) is 18.2 Å². The largest absolute Gasteiger partial charge is 0.493 e. The molecule has 1 N–H and O–H groups in total. The highest BCUT2D eigenvalue weighted by Crippen LogP contribution is 2.26. The highest BCUT2D eigenvalue weighted by molar-refractivity contribution is 5.97. The standard InChI is InChI=1S/C17H17N3O5/c1-11-13(5-4-6-14(11)20(22)23)17(21)19-18-10-12-7-8-15(24-2)16(9-12)25-3/h4-10H,1-3H3,(H,19,21)/b18-10-. The molecule has 0 radical (unpaired) electrons. The molecule has 25 heavy (non-hydrogen) atoms. The Hall–Kier alpha value is -3.42. The maximum Gasteiger partial charge on any atom is 0.273 e. The van der Waals surface area contributed by atoms with Crippen molar-refractivity contribution >= 4 is 17.8 Å². The van der Waals surface area contributed by atoms with Crippen molar-refractivity contribution in [2.24, 2.45) is 5.10 Å². The second-order valence-electron chi connectivity index (χ2n) is 5.02. The Labute approximate surface area is 144 Å². The van der Waals surface area contributed by atoms with Crippen molar-refractivity contribution in [1.29, 1.82) is 0 Å². The predicted molar refractivity (Wildman–Crippen MR) is 92.4 cm³/mol. The first-order valence-corrected chi connectivity index (χ1v) is 7.27. The van der Waals surface area contributed by atoms with E-state index in [0.29, 0.717) is 17.1 Å². The van der Waals surface area contributed by atoms with Gasteiger partial charge < -0.3 is 9.47 Å². The second kappa shape index (κ2) is 7.91. The fourth-order valence-corrected chi connectivity index (χ4v) is 2.23. The summed E-state index contributed by atoms with van der Waals surface area (Å²) in [6.45, 7) is 1.52. The smallest absolute Gasteiger partial charge is 0.273 e. The minimum Gasteiger partial charge on any atom is -0.493 e. The first-order valence-electron chi connectivity index (χ1n) is 7.27. The summed E-state index contributed by atoms with van der Waals surface area (Å²) in [5.41, 5.74) is 3.41. The third kappa shape index (κ3) is 4.11. The number of amides is 1. The van der Waals surface area contributed by atoms with E-state index in [-0.39, 0.29) is 16.8 Å². The van der Waals surface area contributed by atoms with Gasteiger partial charge in [0.2, 0.25) is 0 Å². The van der Waals surface area contributed by atoms with E-state index in [4.69, 9.17) is 9.47 Å². The Morgan fingerprint density at radius 2 is 1.92 bits per heavy atom. The maximum atomic E-state index is 12.2. The zero-order valence-corrected chi connectivity index (χ0v) is 14.0. The normalized spacial score (nSPS) is 10.5. The van der Waals surface area contributed by atoms with Crippen LogP contribution in [0.15, 0.2) is 41.5 Å². The number of nitro groups is 1. The quantitative estimate of drug-likeness (QED) is 0.493. The summed E-state index contributed by atoms with van der Waals surface area (Å²) in [5, 5.41) is 14.8. The number of nitrogens with one attached hydrogen (secondary N) is 1. The molecule has 0 heterocycles. The SMILES string of the molecule is COc1ccc(/C=N\NC(=O)c2cccc([N+](=O)[O-])c2C)cc1OC. The third-order valence-electron chi connectivity index (χ3n) is 3.53. The van der Waals surface area contributed by atoms with Gasteiger partial charge in [-0.05, 0) is 36.8 Å². The van der Waals surface area contributed by atoms with Crippen LogP contribution in [0.1, 0.15) is 21.5 Å².